The van der Waals surface area contributed by atoms with Gasteiger partial charge in [-0.15, -0.1) is 0 Å². The van der Waals surface area contributed by atoms with Crippen molar-refractivity contribution in [3.05, 3.63) is 113 Å². The summed E-state index contributed by atoms with van der Waals surface area (Å²) in [6, 6.07) is 30.3. The van der Waals surface area contributed by atoms with Crippen molar-refractivity contribution in [2.75, 3.05) is 4.90 Å². The highest BCUT2D eigenvalue weighted by molar-refractivity contribution is 6.24. The number of benzene rings is 3. The molecule has 2 amide bonds. The maximum atomic E-state index is 14.2. The molecule has 2 aliphatic carbocycles. The van der Waals surface area contributed by atoms with Crippen molar-refractivity contribution in [1.29, 1.82) is 0 Å². The Balaban J connectivity index is 1.66. The number of hydrogen-bond acceptors (Lipinski definition) is 2. The molecular formula is C30H27NO2. The van der Waals surface area contributed by atoms with Crippen LogP contribution >= 0.6 is 0 Å². The maximum absolute atomic E-state index is 14.2. The van der Waals surface area contributed by atoms with E-state index >= 15 is 0 Å². The van der Waals surface area contributed by atoms with Gasteiger partial charge in [0.2, 0.25) is 11.8 Å². The molecule has 0 aromatic heterocycles. The van der Waals surface area contributed by atoms with E-state index in [0.717, 1.165) is 5.56 Å². The van der Waals surface area contributed by atoms with Gasteiger partial charge in [-0.25, -0.2) is 4.90 Å². The molecule has 0 unspecified atom stereocenters. The molecule has 2 fully saturated rings. The lowest BCUT2D eigenvalue weighted by Gasteiger charge is -2.40. The summed E-state index contributed by atoms with van der Waals surface area (Å²) < 4.78 is 0. The number of anilines is 1. The van der Waals surface area contributed by atoms with Gasteiger partial charge in [-0.3, -0.25) is 9.59 Å². The van der Waals surface area contributed by atoms with Gasteiger partial charge in [-0.05, 0) is 37.1 Å². The molecule has 1 saturated carbocycles. The van der Waals surface area contributed by atoms with Crippen molar-refractivity contribution in [2.45, 2.75) is 32.1 Å². The Morgan fingerprint density at radius 1 is 0.667 bits per heavy atom. The number of carbonyl (C=O) groups is 2. The zero-order valence-corrected chi connectivity index (χ0v) is 19.2. The number of imide groups is 1. The van der Waals surface area contributed by atoms with Crippen LogP contribution in [0.4, 0.5) is 5.69 Å². The molecule has 33 heavy (non-hydrogen) atoms. The minimum absolute atomic E-state index is 0.0226. The highest BCUT2D eigenvalue weighted by Gasteiger charge is 2.78. The summed E-state index contributed by atoms with van der Waals surface area (Å²) in [5.74, 6) is -0.930. The fraction of sp³-hybridized carbons (Fsp3) is 0.267. The van der Waals surface area contributed by atoms with Gasteiger partial charge in [-0.2, -0.15) is 0 Å². The SMILES string of the molecule is CC1=C(C)[C@]2(c3ccccc3)[C@H](c3ccccc3)[C@@]1(C)[C@@H]1C(=O)N(c3ccccc3)C(=O)[C@@H]12. The van der Waals surface area contributed by atoms with E-state index in [0.29, 0.717) is 5.69 Å². The smallest absolute Gasteiger partial charge is 0.238 e. The number of para-hydroxylation sites is 1. The molecule has 0 radical (unpaired) electrons. The number of nitrogens with zero attached hydrogens (tertiary/aromatic N) is 1. The molecule has 1 saturated heterocycles. The van der Waals surface area contributed by atoms with Crippen molar-refractivity contribution < 1.29 is 9.59 Å². The molecule has 3 aliphatic rings. The van der Waals surface area contributed by atoms with Crippen LogP contribution in [0, 0.1) is 17.3 Å². The molecule has 3 nitrogen and oxygen atoms in total. The second-order valence-corrected chi connectivity index (χ2v) is 9.91. The molecule has 5 atom stereocenters. The molecule has 0 spiro atoms. The zero-order chi connectivity index (χ0) is 23.0. The van der Waals surface area contributed by atoms with Crippen molar-refractivity contribution in [3.63, 3.8) is 0 Å². The highest BCUT2D eigenvalue weighted by atomic mass is 16.2. The molecule has 3 aromatic rings. The molecule has 3 heteroatoms. The van der Waals surface area contributed by atoms with Crippen molar-refractivity contribution in [3.8, 4) is 0 Å². The third-order valence-corrected chi connectivity index (χ3v) is 8.89. The van der Waals surface area contributed by atoms with Gasteiger partial charge in [0.05, 0.1) is 17.5 Å². The van der Waals surface area contributed by atoms with Crippen molar-refractivity contribution in [1.82, 2.24) is 0 Å². The van der Waals surface area contributed by atoms with Crippen LogP contribution in [0.1, 0.15) is 37.8 Å². The second kappa shape index (κ2) is 6.77. The van der Waals surface area contributed by atoms with E-state index in [2.05, 4.69) is 57.2 Å². The Morgan fingerprint density at radius 2 is 1.18 bits per heavy atom. The molecule has 3 aromatic carbocycles. The van der Waals surface area contributed by atoms with E-state index in [4.69, 9.17) is 0 Å². The number of rotatable bonds is 3. The summed E-state index contributed by atoms with van der Waals surface area (Å²) in [6.45, 7) is 6.58. The van der Waals surface area contributed by atoms with Gasteiger partial charge in [0.1, 0.15) is 0 Å². The Kier molecular flexibility index (Phi) is 4.14. The average Bonchev–Trinajstić information content (AvgIpc) is 3.34. The predicted octanol–water partition coefficient (Wildman–Crippen LogP) is 5.88. The average molecular weight is 434 g/mol. The van der Waals surface area contributed by atoms with E-state index in [1.807, 2.05) is 54.6 Å². The second-order valence-electron chi connectivity index (χ2n) is 9.91. The Hall–Kier alpha value is -3.46. The summed E-state index contributed by atoms with van der Waals surface area (Å²) in [4.78, 5) is 29.8. The molecule has 6 rings (SSSR count). The third kappa shape index (κ3) is 2.25. The molecule has 2 bridgehead atoms. The minimum atomic E-state index is -0.553. The van der Waals surface area contributed by atoms with E-state index < -0.39 is 16.7 Å². The first-order valence-corrected chi connectivity index (χ1v) is 11.7. The highest BCUT2D eigenvalue weighted by Crippen LogP contribution is 2.77. The summed E-state index contributed by atoms with van der Waals surface area (Å²) in [5.41, 5.74) is 4.48. The van der Waals surface area contributed by atoms with Crippen LogP contribution < -0.4 is 4.90 Å². The number of hydrogen-bond donors (Lipinski definition) is 0. The number of amides is 2. The van der Waals surface area contributed by atoms with Gasteiger partial charge < -0.3 is 0 Å². The van der Waals surface area contributed by atoms with Crippen LogP contribution in [0.2, 0.25) is 0 Å². The van der Waals surface area contributed by atoms with Gasteiger partial charge in [0.15, 0.2) is 0 Å². The normalized spacial score (nSPS) is 32.6. The van der Waals surface area contributed by atoms with Crippen LogP contribution in [0.15, 0.2) is 102 Å². The first-order valence-electron chi connectivity index (χ1n) is 11.7. The zero-order valence-electron chi connectivity index (χ0n) is 19.2. The van der Waals surface area contributed by atoms with Crippen molar-refractivity contribution >= 4 is 17.5 Å². The Morgan fingerprint density at radius 3 is 1.79 bits per heavy atom. The quantitative estimate of drug-likeness (QED) is 0.382. The van der Waals surface area contributed by atoms with E-state index in [1.165, 1.54) is 21.6 Å². The number of carbonyl (C=O) groups excluding carboxylic acids is 2. The molecular weight excluding hydrogens is 406 g/mol. The Labute approximate surface area is 194 Å². The lowest BCUT2D eigenvalue weighted by Crippen LogP contribution is -2.43. The fourth-order valence-electron chi connectivity index (χ4n) is 7.54. The summed E-state index contributed by atoms with van der Waals surface area (Å²) in [7, 11) is 0. The summed E-state index contributed by atoms with van der Waals surface area (Å²) in [6.07, 6.45) is 0. The Bertz CT molecular complexity index is 1300. The molecule has 0 N–H and O–H groups in total. The van der Waals surface area contributed by atoms with Crippen molar-refractivity contribution in [2.24, 2.45) is 17.3 Å². The summed E-state index contributed by atoms with van der Waals surface area (Å²) in [5, 5.41) is 0. The minimum Gasteiger partial charge on any atom is -0.274 e. The topological polar surface area (TPSA) is 37.4 Å². The van der Waals surface area contributed by atoms with Gasteiger partial charge in [0, 0.05) is 16.7 Å². The third-order valence-electron chi connectivity index (χ3n) is 8.89. The van der Waals surface area contributed by atoms with Gasteiger partial charge in [-0.1, -0.05) is 96.9 Å². The van der Waals surface area contributed by atoms with Crippen LogP contribution in [-0.4, -0.2) is 11.8 Å². The van der Waals surface area contributed by atoms with Crippen LogP contribution in [0.25, 0.3) is 0 Å². The lowest BCUT2D eigenvalue weighted by molar-refractivity contribution is -0.124. The van der Waals surface area contributed by atoms with Crippen LogP contribution in [-0.2, 0) is 15.0 Å². The standard InChI is InChI=1S/C30H27NO2/c1-19-20(2)30(22-15-9-5-10-16-22)25-24(29(19,3)26(30)21-13-7-4-8-14-21)27(32)31(28(25)33)23-17-11-6-12-18-23/h4-18,24-26H,1-3H3/t24-,25+,26+,29+,30+/m0/s1. The van der Waals surface area contributed by atoms with E-state index in [-0.39, 0.29) is 23.7 Å². The summed E-state index contributed by atoms with van der Waals surface area (Å²) >= 11 is 0. The lowest BCUT2D eigenvalue weighted by atomic mass is 9.62. The first-order chi connectivity index (χ1) is 15.9. The van der Waals surface area contributed by atoms with E-state index in [9.17, 15) is 9.59 Å². The fourth-order valence-corrected chi connectivity index (χ4v) is 7.54. The first kappa shape index (κ1) is 20.2. The molecule has 1 aliphatic heterocycles. The van der Waals surface area contributed by atoms with Gasteiger partial charge in [0.25, 0.3) is 0 Å². The van der Waals surface area contributed by atoms with Gasteiger partial charge >= 0.3 is 0 Å². The number of fused-ring (bicyclic) bond motifs is 5. The monoisotopic (exact) mass is 433 g/mol. The maximum Gasteiger partial charge on any atom is 0.238 e. The largest absolute Gasteiger partial charge is 0.274 e. The predicted molar refractivity (Wildman–Crippen MR) is 130 cm³/mol. The molecule has 164 valence electrons. The van der Waals surface area contributed by atoms with Crippen LogP contribution in [0.5, 0.6) is 0 Å². The van der Waals surface area contributed by atoms with E-state index in [1.54, 1.807) is 0 Å². The number of allylic oxidation sites excluding steroid dienone is 2. The van der Waals surface area contributed by atoms with Crippen LogP contribution in [0.3, 0.4) is 0 Å². The molecule has 1 heterocycles.